The van der Waals surface area contributed by atoms with Crippen LogP contribution >= 0.6 is 11.3 Å². The van der Waals surface area contributed by atoms with Crippen molar-refractivity contribution in [2.45, 2.75) is 13.5 Å². The molecule has 0 aliphatic rings. The number of carbonyl (C=O) groups excluding carboxylic acids is 2. The molecule has 0 atom stereocenters. The molecule has 2 aromatic carbocycles. The molecule has 2 aromatic heterocycles. The number of nitrogens with zero attached hydrogens (tertiary/aromatic N) is 2. The Morgan fingerprint density at radius 1 is 1.13 bits per heavy atom. The summed E-state index contributed by atoms with van der Waals surface area (Å²) in [6, 6.07) is 17.1. The number of fused-ring (bicyclic) bond motifs is 1. The van der Waals surface area contributed by atoms with E-state index < -0.39 is 0 Å². The molecule has 0 bridgehead atoms. The highest BCUT2D eigenvalue weighted by molar-refractivity contribution is 7.13. The van der Waals surface area contributed by atoms with E-state index in [0.717, 1.165) is 21.6 Å². The molecule has 4 rings (SSSR count). The molecule has 152 valence electrons. The number of hydrogen-bond acceptors (Lipinski definition) is 5. The van der Waals surface area contributed by atoms with Crippen molar-refractivity contribution in [3.8, 4) is 10.7 Å². The van der Waals surface area contributed by atoms with E-state index in [4.69, 9.17) is 4.74 Å². The van der Waals surface area contributed by atoms with Crippen molar-refractivity contribution in [3.63, 3.8) is 0 Å². The van der Waals surface area contributed by atoms with Gasteiger partial charge in [0.1, 0.15) is 10.7 Å². The van der Waals surface area contributed by atoms with E-state index in [-0.39, 0.29) is 11.7 Å². The molecule has 6 nitrogen and oxygen atoms in total. The number of ketones is 1. The molecule has 0 saturated carbocycles. The van der Waals surface area contributed by atoms with Gasteiger partial charge < -0.3 is 14.6 Å². The fourth-order valence-electron chi connectivity index (χ4n) is 3.32. The highest BCUT2D eigenvalue weighted by Crippen LogP contribution is 2.30. The van der Waals surface area contributed by atoms with E-state index in [1.54, 1.807) is 36.8 Å². The number of carbonyl (C=O) groups is 2. The van der Waals surface area contributed by atoms with E-state index in [1.165, 1.54) is 18.3 Å². The lowest BCUT2D eigenvalue weighted by Crippen LogP contribution is -2.12. The summed E-state index contributed by atoms with van der Waals surface area (Å²) >= 11 is 1.42. The van der Waals surface area contributed by atoms with Gasteiger partial charge in [-0.2, -0.15) is 0 Å². The minimum atomic E-state index is -0.308. The van der Waals surface area contributed by atoms with E-state index in [2.05, 4.69) is 33.1 Å². The Hall–Kier alpha value is -3.29. The van der Waals surface area contributed by atoms with E-state index in [9.17, 15) is 9.59 Å². The topological polar surface area (TPSA) is 73.2 Å². The SMILES string of the molecule is COCCn1c(-c2nc(C(=O)Nc3cccc(C(C)=O)c3)cs2)cc2ccccc21. The minimum Gasteiger partial charge on any atom is -0.383 e. The lowest BCUT2D eigenvalue weighted by molar-refractivity contribution is 0.100. The first-order valence-electron chi connectivity index (χ1n) is 9.52. The van der Waals surface area contributed by atoms with Crippen LogP contribution in [0.3, 0.4) is 0 Å². The maximum atomic E-state index is 12.7. The summed E-state index contributed by atoms with van der Waals surface area (Å²) in [5, 5.41) is 6.45. The Balaban J connectivity index is 1.62. The molecule has 0 aliphatic carbocycles. The molecule has 1 amide bonds. The number of hydrogen-bond donors (Lipinski definition) is 1. The number of methoxy groups -OCH3 is 1. The van der Waals surface area contributed by atoms with Gasteiger partial charge in [-0.3, -0.25) is 9.59 Å². The molecule has 2 heterocycles. The highest BCUT2D eigenvalue weighted by Gasteiger charge is 2.17. The molecule has 0 fully saturated rings. The number of ether oxygens (including phenoxy) is 1. The Morgan fingerprint density at radius 2 is 1.97 bits per heavy atom. The van der Waals surface area contributed by atoms with Crippen LogP contribution in [0.15, 0.2) is 60.0 Å². The molecule has 0 radical (unpaired) electrons. The summed E-state index contributed by atoms with van der Waals surface area (Å²) in [6.45, 7) is 2.77. The molecule has 0 aliphatic heterocycles. The second-order valence-electron chi connectivity index (χ2n) is 6.86. The summed E-state index contributed by atoms with van der Waals surface area (Å²) < 4.78 is 7.43. The summed E-state index contributed by atoms with van der Waals surface area (Å²) in [5.74, 6) is -0.358. The number of amides is 1. The summed E-state index contributed by atoms with van der Waals surface area (Å²) in [7, 11) is 1.68. The van der Waals surface area contributed by atoms with E-state index in [1.807, 2.05) is 12.1 Å². The molecule has 0 unspecified atom stereocenters. The van der Waals surface area contributed by atoms with Gasteiger partial charge in [-0.05, 0) is 31.2 Å². The average molecular weight is 420 g/mol. The molecular weight excluding hydrogens is 398 g/mol. The Morgan fingerprint density at radius 3 is 2.77 bits per heavy atom. The zero-order chi connectivity index (χ0) is 21.1. The quantitative estimate of drug-likeness (QED) is 0.434. The number of nitrogens with one attached hydrogen (secondary N) is 1. The molecule has 0 saturated heterocycles. The van der Waals surface area contributed by atoms with Gasteiger partial charge in [0.15, 0.2) is 5.78 Å². The summed E-state index contributed by atoms with van der Waals surface area (Å²) in [6.07, 6.45) is 0. The van der Waals surface area contributed by atoms with Gasteiger partial charge in [0.05, 0.1) is 12.3 Å². The molecule has 7 heteroatoms. The van der Waals surface area contributed by atoms with Crippen LogP contribution in [-0.2, 0) is 11.3 Å². The van der Waals surface area contributed by atoms with Crippen molar-refractivity contribution < 1.29 is 14.3 Å². The smallest absolute Gasteiger partial charge is 0.275 e. The van der Waals surface area contributed by atoms with Crippen LogP contribution in [0.5, 0.6) is 0 Å². The Labute approximate surface area is 178 Å². The van der Waals surface area contributed by atoms with Gasteiger partial charge in [-0.25, -0.2) is 4.98 Å². The maximum Gasteiger partial charge on any atom is 0.275 e. The monoisotopic (exact) mass is 419 g/mol. The van der Waals surface area contributed by atoms with Crippen LogP contribution in [-0.4, -0.2) is 35.0 Å². The van der Waals surface area contributed by atoms with Crippen molar-refractivity contribution in [2.24, 2.45) is 0 Å². The summed E-state index contributed by atoms with van der Waals surface area (Å²) in [5.41, 5.74) is 3.51. The zero-order valence-corrected chi connectivity index (χ0v) is 17.5. The van der Waals surface area contributed by atoms with Gasteiger partial charge in [-0.1, -0.05) is 30.3 Å². The third-order valence-electron chi connectivity index (χ3n) is 4.81. The minimum absolute atomic E-state index is 0.0501. The maximum absolute atomic E-state index is 12.7. The number of rotatable bonds is 7. The Bertz CT molecular complexity index is 1230. The van der Waals surface area contributed by atoms with Crippen LogP contribution in [0.1, 0.15) is 27.8 Å². The van der Waals surface area contributed by atoms with Gasteiger partial charge in [0.25, 0.3) is 5.91 Å². The van der Waals surface area contributed by atoms with Crippen LogP contribution in [0, 0.1) is 0 Å². The number of para-hydroxylation sites is 1. The van der Waals surface area contributed by atoms with Gasteiger partial charge in [-0.15, -0.1) is 11.3 Å². The van der Waals surface area contributed by atoms with Crippen LogP contribution < -0.4 is 5.32 Å². The average Bonchev–Trinajstić information content (AvgIpc) is 3.37. The first kappa shape index (κ1) is 20.0. The summed E-state index contributed by atoms with van der Waals surface area (Å²) in [4.78, 5) is 28.8. The predicted molar refractivity (Wildman–Crippen MR) is 119 cm³/mol. The van der Waals surface area contributed by atoms with E-state index >= 15 is 0 Å². The number of thiazole rings is 1. The first-order chi connectivity index (χ1) is 14.6. The predicted octanol–water partition coefficient (Wildman–Crippen LogP) is 4.87. The fraction of sp³-hybridized carbons (Fsp3) is 0.174. The van der Waals surface area contributed by atoms with Crippen molar-refractivity contribution in [2.75, 3.05) is 19.0 Å². The molecule has 1 N–H and O–H groups in total. The molecular formula is C23H21N3O3S. The number of aromatic nitrogens is 2. The van der Waals surface area contributed by atoms with Gasteiger partial charge >= 0.3 is 0 Å². The standard InChI is InChI=1S/C23H21N3O3S/c1-15(27)16-7-5-8-18(12-16)24-22(28)19-14-30-23(25-19)21-13-17-6-3-4-9-20(17)26(21)10-11-29-2/h3-9,12-14H,10-11H2,1-2H3,(H,24,28). The third kappa shape index (κ3) is 4.03. The van der Waals surface area contributed by atoms with Crippen molar-refractivity contribution in [1.82, 2.24) is 9.55 Å². The number of anilines is 1. The third-order valence-corrected chi connectivity index (χ3v) is 5.68. The van der Waals surface area contributed by atoms with Crippen LogP contribution in [0.4, 0.5) is 5.69 Å². The first-order valence-corrected chi connectivity index (χ1v) is 10.4. The van der Waals surface area contributed by atoms with Crippen molar-refractivity contribution in [3.05, 3.63) is 71.2 Å². The molecule has 0 spiro atoms. The van der Waals surface area contributed by atoms with Crippen molar-refractivity contribution in [1.29, 1.82) is 0 Å². The fourth-order valence-corrected chi connectivity index (χ4v) is 4.14. The molecule has 4 aromatic rings. The van der Waals surface area contributed by atoms with Crippen LogP contribution in [0.25, 0.3) is 21.6 Å². The lowest BCUT2D eigenvalue weighted by atomic mass is 10.1. The van der Waals surface area contributed by atoms with E-state index in [0.29, 0.717) is 30.1 Å². The highest BCUT2D eigenvalue weighted by atomic mass is 32.1. The normalized spacial score (nSPS) is 11.0. The molecule has 30 heavy (non-hydrogen) atoms. The van der Waals surface area contributed by atoms with Crippen LogP contribution in [0.2, 0.25) is 0 Å². The van der Waals surface area contributed by atoms with Gasteiger partial charge in [0.2, 0.25) is 0 Å². The van der Waals surface area contributed by atoms with Gasteiger partial charge in [0, 0.05) is 41.2 Å². The second kappa shape index (κ2) is 8.61. The lowest BCUT2D eigenvalue weighted by Gasteiger charge is -2.08. The second-order valence-corrected chi connectivity index (χ2v) is 7.72. The van der Waals surface area contributed by atoms with Crippen molar-refractivity contribution >= 4 is 39.6 Å². The largest absolute Gasteiger partial charge is 0.383 e. The number of Topliss-reactive ketones (excluding diaryl/α,β-unsaturated/α-hetero) is 1. The Kier molecular flexibility index (Phi) is 5.74. The zero-order valence-electron chi connectivity index (χ0n) is 16.7. The number of benzene rings is 2.